The average Bonchev–Trinajstić information content (AvgIpc) is 2.77. The molecule has 4 amide bonds. The third-order valence-corrected chi connectivity index (χ3v) is 8.22. The second-order valence-corrected chi connectivity index (χ2v) is 10.9. The van der Waals surface area contributed by atoms with Gasteiger partial charge in [-0.15, -0.1) is 0 Å². The van der Waals surface area contributed by atoms with E-state index in [1.165, 1.54) is 0 Å². The Labute approximate surface area is 190 Å². The molecule has 0 aliphatic carbocycles. The molecule has 0 saturated carbocycles. The van der Waals surface area contributed by atoms with E-state index in [0.717, 1.165) is 31.2 Å². The molecular formula is C22H35N5O4S. The number of amides is 4. The first-order valence-electron chi connectivity index (χ1n) is 11.4. The molecule has 4 N–H and O–H groups in total. The summed E-state index contributed by atoms with van der Waals surface area (Å²) in [6.45, 7) is 5.22. The number of carbonyl (C=O) groups is 2. The number of piperidine rings is 2. The van der Waals surface area contributed by atoms with E-state index in [1.54, 1.807) is 9.21 Å². The lowest BCUT2D eigenvalue weighted by Gasteiger charge is -2.33. The van der Waals surface area contributed by atoms with Gasteiger partial charge in [-0.1, -0.05) is 31.2 Å². The van der Waals surface area contributed by atoms with Crippen LogP contribution in [-0.4, -0.2) is 62.4 Å². The molecule has 2 saturated heterocycles. The monoisotopic (exact) mass is 465 g/mol. The van der Waals surface area contributed by atoms with Crippen molar-refractivity contribution >= 4 is 22.1 Å². The highest BCUT2D eigenvalue weighted by molar-refractivity contribution is 7.88. The Bertz CT molecular complexity index is 899. The van der Waals surface area contributed by atoms with Crippen molar-refractivity contribution in [1.82, 2.24) is 19.8 Å². The minimum atomic E-state index is -3.40. The summed E-state index contributed by atoms with van der Waals surface area (Å²) in [5.41, 5.74) is 6.66. The fraction of sp³-hybridized carbons (Fsp3) is 0.636. The van der Waals surface area contributed by atoms with Crippen LogP contribution >= 0.6 is 0 Å². The molecular weight excluding hydrogens is 430 g/mol. The third kappa shape index (κ3) is 6.83. The van der Waals surface area contributed by atoms with Gasteiger partial charge >= 0.3 is 12.1 Å². The first-order valence-corrected chi connectivity index (χ1v) is 13.0. The standard InChI is InChI=1S/C22H35N5O4S/c1-17-8-11-27(12-9-17)32(30,31)16-20-7-3-2-6-19(20)14-25-22(29)26-10-4-5-18(15-26)13-24-21(23)28/h2-3,6-7,17-18H,4-5,8-16H2,1H3,(H,25,29)(H3,23,24,28). The Kier molecular flexibility index (Phi) is 8.36. The molecule has 9 nitrogen and oxygen atoms in total. The van der Waals surface area contributed by atoms with Crippen LogP contribution in [0, 0.1) is 11.8 Å². The molecule has 2 heterocycles. The van der Waals surface area contributed by atoms with Crippen LogP contribution in [0.5, 0.6) is 0 Å². The number of nitrogens with two attached hydrogens (primary N) is 1. The van der Waals surface area contributed by atoms with Crippen molar-refractivity contribution in [1.29, 1.82) is 0 Å². The van der Waals surface area contributed by atoms with Gasteiger partial charge in [0.1, 0.15) is 0 Å². The lowest BCUT2D eigenvalue weighted by atomic mass is 9.98. The zero-order valence-electron chi connectivity index (χ0n) is 18.8. The zero-order chi connectivity index (χ0) is 23.1. The van der Waals surface area contributed by atoms with Crippen LogP contribution in [0.25, 0.3) is 0 Å². The number of sulfonamides is 1. The van der Waals surface area contributed by atoms with Gasteiger partial charge in [0.25, 0.3) is 0 Å². The minimum absolute atomic E-state index is 0.0575. The Morgan fingerprint density at radius 2 is 1.75 bits per heavy atom. The van der Waals surface area contributed by atoms with E-state index in [4.69, 9.17) is 5.73 Å². The predicted molar refractivity (Wildman–Crippen MR) is 123 cm³/mol. The maximum Gasteiger partial charge on any atom is 0.317 e. The van der Waals surface area contributed by atoms with E-state index < -0.39 is 16.1 Å². The lowest BCUT2D eigenvalue weighted by molar-refractivity contribution is 0.164. The molecule has 32 heavy (non-hydrogen) atoms. The van der Waals surface area contributed by atoms with Gasteiger partial charge in [0.2, 0.25) is 10.0 Å². The summed E-state index contributed by atoms with van der Waals surface area (Å²) in [6, 6.07) is 6.62. The Morgan fingerprint density at radius 1 is 1.06 bits per heavy atom. The number of hydrogen-bond donors (Lipinski definition) is 3. The second-order valence-electron chi connectivity index (χ2n) is 8.96. The van der Waals surface area contributed by atoms with E-state index in [0.29, 0.717) is 44.2 Å². The van der Waals surface area contributed by atoms with Crippen molar-refractivity contribution in [2.24, 2.45) is 17.6 Å². The number of hydrogen-bond acceptors (Lipinski definition) is 4. The van der Waals surface area contributed by atoms with E-state index in [9.17, 15) is 18.0 Å². The third-order valence-electron chi connectivity index (χ3n) is 6.39. The number of benzene rings is 1. The molecule has 1 aromatic carbocycles. The summed E-state index contributed by atoms with van der Waals surface area (Å²) < 4.78 is 27.5. The normalized spacial score (nSPS) is 20.7. The van der Waals surface area contributed by atoms with Gasteiger partial charge < -0.3 is 21.3 Å². The van der Waals surface area contributed by atoms with Crippen molar-refractivity contribution in [3.63, 3.8) is 0 Å². The molecule has 0 aromatic heterocycles. The number of rotatable bonds is 7. The maximum atomic E-state index is 12.9. The highest BCUT2D eigenvalue weighted by Gasteiger charge is 2.28. The number of urea groups is 2. The van der Waals surface area contributed by atoms with Crippen LogP contribution in [0.2, 0.25) is 0 Å². The van der Waals surface area contributed by atoms with Gasteiger partial charge in [0, 0.05) is 39.3 Å². The molecule has 2 fully saturated rings. The molecule has 10 heteroatoms. The van der Waals surface area contributed by atoms with Gasteiger partial charge in [-0.2, -0.15) is 0 Å². The van der Waals surface area contributed by atoms with Crippen molar-refractivity contribution in [2.45, 2.75) is 44.9 Å². The summed E-state index contributed by atoms with van der Waals surface area (Å²) in [4.78, 5) is 25.4. The molecule has 178 valence electrons. The highest BCUT2D eigenvalue weighted by Crippen LogP contribution is 2.22. The SMILES string of the molecule is CC1CCN(S(=O)(=O)Cc2ccccc2CNC(=O)N2CCCC(CNC(N)=O)C2)CC1. The van der Waals surface area contributed by atoms with E-state index >= 15 is 0 Å². The quantitative estimate of drug-likeness (QED) is 0.568. The molecule has 2 aliphatic rings. The van der Waals surface area contributed by atoms with Gasteiger partial charge in [0.15, 0.2) is 0 Å². The van der Waals surface area contributed by atoms with Crippen molar-refractivity contribution in [3.05, 3.63) is 35.4 Å². The van der Waals surface area contributed by atoms with E-state index in [-0.39, 0.29) is 24.2 Å². The number of carbonyl (C=O) groups excluding carboxylic acids is 2. The smallest absolute Gasteiger partial charge is 0.317 e. The highest BCUT2D eigenvalue weighted by atomic mass is 32.2. The Hall–Kier alpha value is -2.33. The first-order chi connectivity index (χ1) is 15.2. The molecule has 0 radical (unpaired) electrons. The van der Waals surface area contributed by atoms with Gasteiger partial charge in [0.05, 0.1) is 5.75 Å². The molecule has 1 aromatic rings. The van der Waals surface area contributed by atoms with Crippen molar-refractivity contribution in [3.8, 4) is 0 Å². The first kappa shape index (κ1) is 24.3. The second kappa shape index (κ2) is 11.0. The molecule has 0 spiro atoms. The molecule has 1 unspecified atom stereocenters. The van der Waals surface area contributed by atoms with Gasteiger partial charge in [-0.05, 0) is 48.6 Å². The number of primary amides is 1. The predicted octanol–water partition coefficient (Wildman–Crippen LogP) is 1.84. The van der Waals surface area contributed by atoms with E-state index in [1.807, 2.05) is 24.3 Å². The minimum Gasteiger partial charge on any atom is -0.352 e. The van der Waals surface area contributed by atoms with Gasteiger partial charge in [-0.3, -0.25) is 0 Å². The van der Waals surface area contributed by atoms with Crippen LogP contribution in [0.15, 0.2) is 24.3 Å². The number of likely N-dealkylation sites (tertiary alicyclic amines) is 1. The van der Waals surface area contributed by atoms with Crippen LogP contribution < -0.4 is 16.4 Å². The fourth-order valence-electron chi connectivity index (χ4n) is 4.37. The maximum absolute atomic E-state index is 12.9. The Balaban J connectivity index is 1.56. The summed E-state index contributed by atoms with van der Waals surface area (Å²) in [5, 5.41) is 5.54. The Morgan fingerprint density at radius 3 is 2.44 bits per heavy atom. The van der Waals surface area contributed by atoms with E-state index in [2.05, 4.69) is 17.6 Å². The average molecular weight is 466 g/mol. The molecule has 2 aliphatic heterocycles. The van der Waals surface area contributed by atoms with Gasteiger partial charge in [-0.25, -0.2) is 22.3 Å². The van der Waals surface area contributed by atoms with Crippen LogP contribution in [0.1, 0.15) is 43.7 Å². The largest absolute Gasteiger partial charge is 0.352 e. The topological polar surface area (TPSA) is 125 Å². The lowest BCUT2D eigenvalue weighted by Crippen LogP contribution is -2.48. The van der Waals surface area contributed by atoms with Crippen LogP contribution in [-0.2, 0) is 22.3 Å². The zero-order valence-corrected chi connectivity index (χ0v) is 19.6. The summed E-state index contributed by atoms with van der Waals surface area (Å²) >= 11 is 0. The molecule has 1 atom stereocenters. The number of nitrogens with zero attached hydrogens (tertiary/aromatic N) is 2. The van der Waals surface area contributed by atoms with Crippen LogP contribution in [0.3, 0.4) is 0 Å². The summed E-state index contributed by atoms with van der Waals surface area (Å²) in [5.74, 6) is 0.675. The van der Waals surface area contributed by atoms with Crippen LogP contribution in [0.4, 0.5) is 9.59 Å². The van der Waals surface area contributed by atoms with Crippen molar-refractivity contribution in [2.75, 3.05) is 32.7 Å². The fourth-order valence-corrected chi connectivity index (χ4v) is 5.99. The van der Waals surface area contributed by atoms with Crippen molar-refractivity contribution < 1.29 is 18.0 Å². The summed E-state index contributed by atoms with van der Waals surface area (Å²) in [6.07, 6.45) is 3.58. The molecule has 3 rings (SSSR count). The summed E-state index contributed by atoms with van der Waals surface area (Å²) in [7, 11) is -3.40. The number of nitrogens with one attached hydrogen (secondary N) is 2. The molecule has 0 bridgehead atoms.